The van der Waals surface area contributed by atoms with E-state index in [1.807, 2.05) is 0 Å². The maximum atomic E-state index is 12.0. The lowest BCUT2D eigenvalue weighted by Gasteiger charge is -2.08. The summed E-state index contributed by atoms with van der Waals surface area (Å²) in [5.41, 5.74) is 0.678. The molecule has 26 heavy (non-hydrogen) atoms. The van der Waals surface area contributed by atoms with Crippen molar-refractivity contribution in [2.45, 2.75) is 12.6 Å². The van der Waals surface area contributed by atoms with Gasteiger partial charge in [-0.25, -0.2) is 4.79 Å². The predicted molar refractivity (Wildman–Crippen MR) is 88.2 cm³/mol. The third kappa shape index (κ3) is 5.63. The van der Waals surface area contributed by atoms with Crippen LogP contribution in [0.25, 0.3) is 11.0 Å². The van der Waals surface area contributed by atoms with Crippen LogP contribution in [0.15, 0.2) is 28.7 Å². The third-order valence-corrected chi connectivity index (χ3v) is 3.89. The Hall–Kier alpha value is -2.26. The van der Waals surface area contributed by atoms with E-state index >= 15 is 0 Å². The fraction of sp³-hybridized carbons (Fsp3) is 0.375. The zero-order valence-corrected chi connectivity index (χ0v) is 14.2. The van der Waals surface area contributed by atoms with Crippen molar-refractivity contribution in [2.75, 3.05) is 19.6 Å². The summed E-state index contributed by atoms with van der Waals surface area (Å²) in [6.07, 6.45) is -3.98. The molecule has 1 aromatic heterocycles. The van der Waals surface area contributed by atoms with E-state index in [4.69, 9.17) is 25.9 Å². The summed E-state index contributed by atoms with van der Waals surface area (Å²) >= 11 is 5.91. The first kappa shape index (κ1) is 20.1. The summed E-state index contributed by atoms with van der Waals surface area (Å²) in [4.78, 5) is 20.9. The van der Waals surface area contributed by atoms with Gasteiger partial charge >= 0.3 is 12.1 Å². The second-order valence-electron chi connectivity index (χ2n) is 5.66. The molecule has 2 heterocycles. The number of aliphatic carboxylic acids is 1. The molecule has 0 radical (unpaired) electrons. The first-order chi connectivity index (χ1) is 12.2. The Balaban J connectivity index is 0.000000298. The van der Waals surface area contributed by atoms with Gasteiger partial charge in [-0.05, 0) is 49.7 Å². The van der Waals surface area contributed by atoms with E-state index in [0.29, 0.717) is 28.8 Å². The lowest BCUT2D eigenvalue weighted by atomic mass is 10.1. The van der Waals surface area contributed by atoms with Crippen LogP contribution in [0.5, 0.6) is 0 Å². The van der Waals surface area contributed by atoms with Crippen LogP contribution < -0.4 is 10.6 Å². The van der Waals surface area contributed by atoms with Crippen LogP contribution in [0.1, 0.15) is 17.0 Å². The molecule has 0 spiro atoms. The van der Waals surface area contributed by atoms with Gasteiger partial charge in [-0.3, -0.25) is 4.79 Å². The van der Waals surface area contributed by atoms with Crippen LogP contribution in [-0.2, 0) is 4.79 Å². The van der Waals surface area contributed by atoms with E-state index in [-0.39, 0.29) is 5.91 Å². The van der Waals surface area contributed by atoms with E-state index in [0.717, 1.165) is 24.9 Å². The normalized spacial score (nSPS) is 16.8. The minimum Gasteiger partial charge on any atom is -0.475 e. The number of hydrogen-bond donors (Lipinski definition) is 3. The SMILES string of the molecule is O=C(NCC1CCNC1)c1cc2cc(Cl)ccc2o1.O=C(O)C(F)(F)F. The molecule has 1 aromatic carbocycles. The van der Waals surface area contributed by atoms with Crippen molar-refractivity contribution in [3.05, 3.63) is 35.0 Å². The molecule has 3 N–H and O–H groups in total. The number of hydrogen-bond acceptors (Lipinski definition) is 4. The van der Waals surface area contributed by atoms with E-state index in [1.54, 1.807) is 24.3 Å². The molecule has 1 amide bonds. The molecular formula is C16H16ClF3N2O4. The van der Waals surface area contributed by atoms with Gasteiger partial charge in [0, 0.05) is 17.0 Å². The minimum absolute atomic E-state index is 0.167. The van der Waals surface area contributed by atoms with Crippen molar-refractivity contribution >= 4 is 34.4 Å². The number of fused-ring (bicyclic) bond motifs is 1. The first-order valence-corrected chi connectivity index (χ1v) is 8.02. The largest absolute Gasteiger partial charge is 0.490 e. The third-order valence-electron chi connectivity index (χ3n) is 3.66. The fourth-order valence-corrected chi connectivity index (χ4v) is 2.52. The highest BCUT2D eigenvalue weighted by Gasteiger charge is 2.38. The Bertz CT molecular complexity index is 785. The van der Waals surface area contributed by atoms with Crippen LogP contribution >= 0.6 is 11.6 Å². The Morgan fingerprint density at radius 1 is 1.35 bits per heavy atom. The van der Waals surface area contributed by atoms with Crippen LogP contribution in [0.2, 0.25) is 5.02 Å². The highest BCUT2D eigenvalue weighted by Crippen LogP contribution is 2.23. The number of alkyl halides is 3. The fourth-order valence-electron chi connectivity index (χ4n) is 2.34. The molecule has 1 saturated heterocycles. The minimum atomic E-state index is -5.08. The molecule has 1 atom stereocenters. The van der Waals surface area contributed by atoms with Gasteiger partial charge in [-0.2, -0.15) is 13.2 Å². The lowest BCUT2D eigenvalue weighted by molar-refractivity contribution is -0.192. The van der Waals surface area contributed by atoms with Crippen molar-refractivity contribution < 1.29 is 32.3 Å². The van der Waals surface area contributed by atoms with Gasteiger partial charge < -0.3 is 20.2 Å². The lowest BCUT2D eigenvalue weighted by Crippen LogP contribution is -2.29. The second-order valence-corrected chi connectivity index (χ2v) is 6.10. The monoisotopic (exact) mass is 392 g/mol. The van der Waals surface area contributed by atoms with Crippen molar-refractivity contribution in [1.82, 2.24) is 10.6 Å². The Labute approximate surface area is 151 Å². The molecule has 3 rings (SSSR count). The molecule has 1 aliphatic rings. The topological polar surface area (TPSA) is 91.6 Å². The van der Waals surface area contributed by atoms with Gasteiger partial charge in [-0.15, -0.1) is 0 Å². The molecule has 2 aromatic rings. The maximum Gasteiger partial charge on any atom is 0.490 e. The summed E-state index contributed by atoms with van der Waals surface area (Å²) < 4.78 is 37.2. The second kappa shape index (κ2) is 8.41. The number of halogens is 4. The zero-order chi connectivity index (χ0) is 19.3. The number of amides is 1. The van der Waals surface area contributed by atoms with Gasteiger partial charge in [0.2, 0.25) is 0 Å². The van der Waals surface area contributed by atoms with Crippen molar-refractivity contribution in [2.24, 2.45) is 5.92 Å². The van der Waals surface area contributed by atoms with Gasteiger partial charge in [0.1, 0.15) is 5.58 Å². The molecule has 10 heteroatoms. The molecule has 1 fully saturated rings. The number of carbonyl (C=O) groups is 2. The Kier molecular flexibility index (Phi) is 6.49. The van der Waals surface area contributed by atoms with E-state index in [1.165, 1.54) is 0 Å². The number of carbonyl (C=O) groups excluding carboxylic acids is 1. The van der Waals surface area contributed by atoms with Gasteiger partial charge in [0.15, 0.2) is 5.76 Å². The van der Waals surface area contributed by atoms with Crippen molar-refractivity contribution in [3.8, 4) is 0 Å². The highest BCUT2D eigenvalue weighted by atomic mass is 35.5. The van der Waals surface area contributed by atoms with E-state index in [9.17, 15) is 18.0 Å². The molecule has 6 nitrogen and oxygen atoms in total. The smallest absolute Gasteiger partial charge is 0.475 e. The molecule has 142 valence electrons. The standard InChI is InChI=1S/C14H15ClN2O2.C2HF3O2/c15-11-1-2-12-10(5-11)6-13(19-12)14(18)17-8-9-3-4-16-7-9;3-2(4,5)1(6)7/h1-2,5-6,9,16H,3-4,7-8H2,(H,17,18);(H,6,7). The summed E-state index contributed by atoms with van der Waals surface area (Å²) in [6.45, 7) is 2.68. The van der Waals surface area contributed by atoms with Gasteiger partial charge in [-0.1, -0.05) is 11.6 Å². The maximum absolute atomic E-state index is 12.0. The Morgan fingerprint density at radius 3 is 2.62 bits per heavy atom. The summed E-state index contributed by atoms with van der Waals surface area (Å²) in [5, 5.41) is 14.8. The van der Waals surface area contributed by atoms with E-state index < -0.39 is 12.1 Å². The highest BCUT2D eigenvalue weighted by molar-refractivity contribution is 6.31. The molecule has 1 unspecified atom stereocenters. The number of nitrogens with one attached hydrogen (secondary N) is 2. The molecule has 0 bridgehead atoms. The first-order valence-electron chi connectivity index (χ1n) is 7.65. The van der Waals surface area contributed by atoms with Crippen LogP contribution in [0.4, 0.5) is 13.2 Å². The van der Waals surface area contributed by atoms with Crippen LogP contribution in [0, 0.1) is 5.92 Å². The average Bonchev–Trinajstić information content (AvgIpc) is 3.21. The number of rotatable bonds is 3. The number of benzene rings is 1. The molecule has 1 aliphatic heterocycles. The number of furan rings is 1. The quantitative estimate of drug-likeness (QED) is 0.746. The molecule has 0 aliphatic carbocycles. The van der Waals surface area contributed by atoms with Crippen molar-refractivity contribution in [1.29, 1.82) is 0 Å². The number of carboxylic acids is 1. The average molecular weight is 393 g/mol. The summed E-state index contributed by atoms with van der Waals surface area (Å²) in [6, 6.07) is 7.04. The Morgan fingerprint density at radius 2 is 2.04 bits per heavy atom. The van der Waals surface area contributed by atoms with Crippen LogP contribution in [0.3, 0.4) is 0 Å². The van der Waals surface area contributed by atoms with Gasteiger partial charge in [0.25, 0.3) is 5.91 Å². The van der Waals surface area contributed by atoms with Crippen molar-refractivity contribution in [3.63, 3.8) is 0 Å². The summed E-state index contributed by atoms with van der Waals surface area (Å²) in [7, 11) is 0. The molecule has 0 saturated carbocycles. The number of carboxylic acid groups (broad SMARTS) is 1. The van der Waals surface area contributed by atoms with Crippen LogP contribution in [-0.4, -0.2) is 42.8 Å². The predicted octanol–water partition coefficient (Wildman–Crippen LogP) is 3.06. The van der Waals surface area contributed by atoms with Gasteiger partial charge in [0.05, 0.1) is 0 Å². The summed E-state index contributed by atoms with van der Waals surface area (Å²) in [5.74, 6) is -2.07. The zero-order valence-electron chi connectivity index (χ0n) is 13.4. The molecular weight excluding hydrogens is 377 g/mol. The van der Waals surface area contributed by atoms with E-state index in [2.05, 4.69) is 10.6 Å².